The summed E-state index contributed by atoms with van der Waals surface area (Å²) in [5, 5.41) is 13.9. The number of rotatable bonds is 1. The SMILES string of the molecule is C=C=CCC.O=C(O)O. The van der Waals surface area contributed by atoms with Gasteiger partial charge in [0.2, 0.25) is 0 Å². The van der Waals surface area contributed by atoms with Crippen molar-refractivity contribution in [3.05, 3.63) is 18.4 Å². The Morgan fingerprint density at radius 1 is 1.78 bits per heavy atom. The first kappa shape index (κ1) is 10.7. The molecule has 0 fully saturated rings. The predicted molar refractivity (Wildman–Crippen MR) is 34.7 cm³/mol. The third-order valence-electron chi connectivity index (χ3n) is 0.348. The summed E-state index contributed by atoms with van der Waals surface area (Å²) in [6.45, 7) is 5.42. The minimum atomic E-state index is -1.83. The van der Waals surface area contributed by atoms with Gasteiger partial charge in [-0.1, -0.05) is 13.5 Å². The lowest BCUT2D eigenvalue weighted by Crippen LogP contribution is -1.81. The Kier molecular flexibility index (Phi) is 11.8. The summed E-state index contributed by atoms with van der Waals surface area (Å²) in [7, 11) is 0. The fraction of sp³-hybridized carbons (Fsp3) is 0.333. The molecule has 0 aliphatic rings. The third-order valence-corrected chi connectivity index (χ3v) is 0.348. The summed E-state index contributed by atoms with van der Waals surface area (Å²) in [5.41, 5.74) is 2.64. The highest BCUT2D eigenvalue weighted by Crippen LogP contribution is 1.69. The van der Waals surface area contributed by atoms with Crippen LogP contribution in [0.2, 0.25) is 0 Å². The second kappa shape index (κ2) is 9.92. The van der Waals surface area contributed by atoms with E-state index in [9.17, 15) is 0 Å². The summed E-state index contributed by atoms with van der Waals surface area (Å²) in [5.74, 6) is 0. The number of carboxylic acid groups (broad SMARTS) is 2. The van der Waals surface area contributed by atoms with Crippen LogP contribution in [0.3, 0.4) is 0 Å². The highest BCUT2D eigenvalue weighted by atomic mass is 16.6. The van der Waals surface area contributed by atoms with E-state index in [-0.39, 0.29) is 0 Å². The minimum absolute atomic E-state index is 1.05. The average Bonchev–Trinajstić information content (AvgIpc) is 1.66. The van der Waals surface area contributed by atoms with Crippen molar-refractivity contribution in [2.75, 3.05) is 0 Å². The molecule has 9 heavy (non-hydrogen) atoms. The Labute approximate surface area is 53.9 Å². The van der Waals surface area contributed by atoms with E-state index in [1.54, 1.807) is 0 Å². The molecule has 0 aromatic heterocycles. The molecular weight excluding hydrogens is 120 g/mol. The van der Waals surface area contributed by atoms with Gasteiger partial charge in [-0.25, -0.2) is 4.79 Å². The molecule has 0 atom stereocenters. The first-order valence-electron chi connectivity index (χ1n) is 2.41. The van der Waals surface area contributed by atoms with Crippen molar-refractivity contribution in [1.82, 2.24) is 0 Å². The van der Waals surface area contributed by atoms with Crippen molar-refractivity contribution in [3.63, 3.8) is 0 Å². The van der Waals surface area contributed by atoms with Gasteiger partial charge in [-0.05, 0) is 12.5 Å². The molecule has 0 aromatic carbocycles. The molecule has 0 spiro atoms. The Bertz CT molecular complexity index is 107. The molecule has 0 aliphatic carbocycles. The van der Waals surface area contributed by atoms with Crippen LogP contribution in [-0.4, -0.2) is 16.4 Å². The molecule has 0 aliphatic heterocycles. The van der Waals surface area contributed by atoms with Crippen LogP contribution in [-0.2, 0) is 0 Å². The van der Waals surface area contributed by atoms with E-state index in [2.05, 4.69) is 19.2 Å². The van der Waals surface area contributed by atoms with Gasteiger partial charge in [0, 0.05) is 0 Å². The fourth-order valence-electron chi connectivity index (χ4n) is 0.144. The zero-order valence-electron chi connectivity index (χ0n) is 5.29. The maximum Gasteiger partial charge on any atom is 0.503 e. The largest absolute Gasteiger partial charge is 0.503 e. The van der Waals surface area contributed by atoms with Gasteiger partial charge in [-0.2, -0.15) is 0 Å². The smallest absolute Gasteiger partial charge is 0.450 e. The normalized spacial score (nSPS) is 5.89. The van der Waals surface area contributed by atoms with E-state index in [1.807, 2.05) is 6.08 Å². The lowest BCUT2D eigenvalue weighted by molar-refractivity contribution is 0.137. The van der Waals surface area contributed by atoms with Crippen molar-refractivity contribution in [1.29, 1.82) is 0 Å². The van der Waals surface area contributed by atoms with Gasteiger partial charge >= 0.3 is 6.16 Å². The second-order valence-corrected chi connectivity index (χ2v) is 1.10. The lowest BCUT2D eigenvalue weighted by Gasteiger charge is -1.60. The van der Waals surface area contributed by atoms with Crippen molar-refractivity contribution >= 4 is 6.16 Å². The lowest BCUT2D eigenvalue weighted by atomic mass is 10.5. The second-order valence-electron chi connectivity index (χ2n) is 1.10. The molecule has 0 unspecified atom stereocenters. The maximum absolute atomic E-state index is 8.56. The van der Waals surface area contributed by atoms with Gasteiger partial charge in [-0.3, -0.25) is 0 Å². The molecule has 0 saturated heterocycles. The molecule has 0 amide bonds. The van der Waals surface area contributed by atoms with Gasteiger partial charge in [-0.15, -0.1) is 5.73 Å². The van der Waals surface area contributed by atoms with E-state index in [1.165, 1.54) is 0 Å². The molecule has 0 aromatic rings. The molecular formula is C6H10O3. The van der Waals surface area contributed by atoms with Gasteiger partial charge in [0.15, 0.2) is 0 Å². The van der Waals surface area contributed by atoms with Crippen LogP contribution in [0.15, 0.2) is 18.4 Å². The van der Waals surface area contributed by atoms with Crippen molar-refractivity contribution in [3.8, 4) is 0 Å². The average molecular weight is 130 g/mol. The Morgan fingerprint density at radius 2 is 2.11 bits per heavy atom. The molecule has 0 radical (unpaired) electrons. The molecule has 2 N–H and O–H groups in total. The summed E-state index contributed by atoms with van der Waals surface area (Å²) in [6.07, 6.45) is 1.10. The van der Waals surface area contributed by atoms with Crippen LogP contribution in [0.4, 0.5) is 4.79 Å². The highest BCUT2D eigenvalue weighted by Gasteiger charge is 1.70. The molecule has 3 heteroatoms. The predicted octanol–water partition coefficient (Wildman–Crippen LogP) is 1.96. The van der Waals surface area contributed by atoms with Crippen LogP contribution in [0.5, 0.6) is 0 Å². The van der Waals surface area contributed by atoms with Crippen molar-refractivity contribution in [2.45, 2.75) is 13.3 Å². The van der Waals surface area contributed by atoms with E-state index < -0.39 is 6.16 Å². The summed E-state index contributed by atoms with van der Waals surface area (Å²) >= 11 is 0. The Balaban J connectivity index is 0. The number of hydrogen-bond donors (Lipinski definition) is 2. The molecule has 0 heterocycles. The fourth-order valence-corrected chi connectivity index (χ4v) is 0.144. The van der Waals surface area contributed by atoms with Crippen LogP contribution < -0.4 is 0 Å². The highest BCUT2D eigenvalue weighted by molar-refractivity contribution is 5.53. The Hall–Kier alpha value is -1.21. The van der Waals surface area contributed by atoms with E-state index >= 15 is 0 Å². The summed E-state index contributed by atoms with van der Waals surface area (Å²) in [6, 6.07) is 0. The zero-order chi connectivity index (χ0) is 7.70. The molecule has 3 nitrogen and oxygen atoms in total. The van der Waals surface area contributed by atoms with Crippen molar-refractivity contribution < 1.29 is 15.0 Å². The van der Waals surface area contributed by atoms with Crippen LogP contribution >= 0.6 is 0 Å². The quantitative estimate of drug-likeness (QED) is 0.533. The molecule has 0 saturated carbocycles. The molecule has 0 bridgehead atoms. The van der Waals surface area contributed by atoms with Gasteiger partial charge < -0.3 is 10.2 Å². The summed E-state index contributed by atoms with van der Waals surface area (Å²) < 4.78 is 0. The number of carbonyl (C=O) groups is 1. The first-order valence-corrected chi connectivity index (χ1v) is 2.41. The molecule has 52 valence electrons. The van der Waals surface area contributed by atoms with Gasteiger partial charge in [0.1, 0.15) is 0 Å². The van der Waals surface area contributed by atoms with E-state index in [0.717, 1.165) is 6.42 Å². The minimum Gasteiger partial charge on any atom is -0.450 e. The Morgan fingerprint density at radius 3 is 2.11 bits per heavy atom. The summed E-state index contributed by atoms with van der Waals surface area (Å²) in [4.78, 5) is 8.56. The van der Waals surface area contributed by atoms with Gasteiger partial charge in [0.05, 0.1) is 0 Å². The van der Waals surface area contributed by atoms with Crippen LogP contribution in [0, 0.1) is 0 Å². The third kappa shape index (κ3) is 250. The zero-order valence-corrected chi connectivity index (χ0v) is 5.29. The van der Waals surface area contributed by atoms with Crippen molar-refractivity contribution in [2.24, 2.45) is 0 Å². The van der Waals surface area contributed by atoms with Gasteiger partial charge in [0.25, 0.3) is 0 Å². The van der Waals surface area contributed by atoms with E-state index in [4.69, 9.17) is 15.0 Å². The van der Waals surface area contributed by atoms with Crippen LogP contribution in [0.1, 0.15) is 13.3 Å². The standard InChI is InChI=1S/C5H8.CH2O3/c1-3-5-4-2;2-1(3)4/h5H,1,4H2,2H3;(H2,2,3,4). The monoisotopic (exact) mass is 130 g/mol. The van der Waals surface area contributed by atoms with Crippen LogP contribution in [0.25, 0.3) is 0 Å². The first-order chi connectivity index (χ1) is 4.15. The topological polar surface area (TPSA) is 57.5 Å². The number of hydrogen-bond acceptors (Lipinski definition) is 1. The van der Waals surface area contributed by atoms with E-state index in [0.29, 0.717) is 0 Å². The maximum atomic E-state index is 8.56. The molecule has 0 rings (SSSR count). The number of allylic oxidation sites excluding steroid dienone is 1.